The average Bonchev–Trinajstić information content (AvgIpc) is 3.22. The summed E-state index contributed by atoms with van der Waals surface area (Å²) in [5, 5.41) is 7.04. The minimum Gasteiger partial charge on any atom is -0.373 e. The lowest BCUT2D eigenvalue weighted by Gasteiger charge is -2.23. The monoisotopic (exact) mass is 370 g/mol. The van der Waals surface area contributed by atoms with Crippen molar-refractivity contribution in [3.05, 3.63) is 35.4 Å². The summed E-state index contributed by atoms with van der Waals surface area (Å²) in [5.41, 5.74) is 2.73. The van der Waals surface area contributed by atoms with E-state index in [1.807, 2.05) is 7.05 Å². The van der Waals surface area contributed by atoms with Crippen LogP contribution in [0.5, 0.6) is 0 Å². The molecule has 0 saturated carbocycles. The molecule has 5 nitrogen and oxygen atoms in total. The maximum Gasteiger partial charge on any atom is 0.191 e. The van der Waals surface area contributed by atoms with Gasteiger partial charge in [0.2, 0.25) is 0 Å². The minimum absolute atomic E-state index is 0.366. The molecule has 0 radical (unpaired) electrons. The Labute approximate surface area is 163 Å². The van der Waals surface area contributed by atoms with E-state index in [-0.39, 0.29) is 0 Å². The normalized spacial score (nSPS) is 28.9. The lowest BCUT2D eigenvalue weighted by molar-refractivity contribution is 0.0992. The number of hydrogen-bond donors (Lipinski definition) is 2. The van der Waals surface area contributed by atoms with Gasteiger partial charge < -0.3 is 15.4 Å². The summed E-state index contributed by atoms with van der Waals surface area (Å²) in [6.07, 6.45) is 9.80. The first-order valence-corrected chi connectivity index (χ1v) is 10.7. The second-order valence-corrected chi connectivity index (χ2v) is 8.30. The van der Waals surface area contributed by atoms with Gasteiger partial charge in [0.05, 0.1) is 18.2 Å². The highest BCUT2D eigenvalue weighted by Crippen LogP contribution is 2.34. The van der Waals surface area contributed by atoms with Gasteiger partial charge in [-0.2, -0.15) is 0 Å². The van der Waals surface area contributed by atoms with Gasteiger partial charge in [-0.05, 0) is 56.3 Å². The summed E-state index contributed by atoms with van der Waals surface area (Å²) < 4.78 is 5.94. The summed E-state index contributed by atoms with van der Waals surface area (Å²) in [4.78, 5) is 7.01. The molecular formula is C22H34N4O. The average molecular weight is 371 g/mol. The van der Waals surface area contributed by atoms with Gasteiger partial charge >= 0.3 is 0 Å². The highest BCUT2D eigenvalue weighted by molar-refractivity contribution is 5.80. The van der Waals surface area contributed by atoms with E-state index in [0.717, 1.165) is 25.5 Å². The molecule has 5 heteroatoms. The van der Waals surface area contributed by atoms with Crippen molar-refractivity contribution in [1.82, 2.24) is 15.5 Å². The molecule has 27 heavy (non-hydrogen) atoms. The molecule has 3 fully saturated rings. The highest BCUT2D eigenvalue weighted by Gasteiger charge is 2.41. The number of nitrogens with one attached hydrogen (secondary N) is 2. The molecule has 3 unspecified atom stereocenters. The Morgan fingerprint density at radius 1 is 1.15 bits per heavy atom. The van der Waals surface area contributed by atoms with Crippen molar-refractivity contribution in [3.63, 3.8) is 0 Å². The number of aliphatic imine (C=N–C) groups is 1. The highest BCUT2D eigenvalue weighted by atomic mass is 16.5. The van der Waals surface area contributed by atoms with Crippen LogP contribution in [0.25, 0.3) is 0 Å². The minimum atomic E-state index is 0.366. The van der Waals surface area contributed by atoms with Crippen LogP contribution in [0.4, 0.5) is 0 Å². The van der Waals surface area contributed by atoms with Crippen molar-refractivity contribution in [1.29, 1.82) is 0 Å². The molecule has 1 aromatic carbocycles. The van der Waals surface area contributed by atoms with E-state index in [0.29, 0.717) is 18.2 Å². The first-order valence-electron chi connectivity index (χ1n) is 10.7. The summed E-state index contributed by atoms with van der Waals surface area (Å²) >= 11 is 0. The molecule has 3 saturated heterocycles. The zero-order chi connectivity index (χ0) is 18.5. The van der Waals surface area contributed by atoms with Gasteiger partial charge in [0.25, 0.3) is 0 Å². The number of fused-ring (bicyclic) bond motifs is 2. The Bertz CT molecular complexity index is 639. The quantitative estimate of drug-likeness (QED) is 0.618. The topological polar surface area (TPSA) is 48.9 Å². The first-order chi connectivity index (χ1) is 13.3. The molecule has 3 atom stereocenters. The molecule has 4 rings (SSSR count). The smallest absolute Gasteiger partial charge is 0.191 e. The number of rotatable bonds is 5. The van der Waals surface area contributed by atoms with E-state index in [2.05, 4.69) is 44.8 Å². The third-order valence-corrected chi connectivity index (χ3v) is 6.21. The molecule has 3 aliphatic rings. The van der Waals surface area contributed by atoms with Crippen molar-refractivity contribution in [2.45, 2.75) is 76.3 Å². The van der Waals surface area contributed by atoms with Crippen molar-refractivity contribution in [3.8, 4) is 0 Å². The molecule has 3 heterocycles. The summed E-state index contributed by atoms with van der Waals surface area (Å²) in [5.74, 6) is 0.883. The number of nitrogens with zero attached hydrogens (tertiary/aromatic N) is 2. The fourth-order valence-electron chi connectivity index (χ4n) is 4.74. The fraction of sp³-hybridized carbons (Fsp3) is 0.682. The van der Waals surface area contributed by atoms with E-state index in [1.54, 1.807) is 0 Å². The van der Waals surface area contributed by atoms with Gasteiger partial charge in [0.15, 0.2) is 5.96 Å². The van der Waals surface area contributed by atoms with Crippen LogP contribution in [0, 0.1) is 0 Å². The third kappa shape index (κ3) is 5.02. The van der Waals surface area contributed by atoms with Gasteiger partial charge in [-0.15, -0.1) is 0 Å². The molecule has 0 spiro atoms. The van der Waals surface area contributed by atoms with Crippen LogP contribution in [0.15, 0.2) is 29.3 Å². The van der Waals surface area contributed by atoms with Gasteiger partial charge in [0.1, 0.15) is 0 Å². The van der Waals surface area contributed by atoms with Crippen molar-refractivity contribution < 1.29 is 4.74 Å². The maximum absolute atomic E-state index is 5.94. The first kappa shape index (κ1) is 18.8. The number of benzene rings is 1. The van der Waals surface area contributed by atoms with Crippen LogP contribution >= 0.6 is 0 Å². The number of ether oxygens (including phenoxy) is 1. The molecule has 1 aromatic rings. The van der Waals surface area contributed by atoms with Crippen molar-refractivity contribution in [2.24, 2.45) is 4.99 Å². The maximum atomic E-state index is 5.94. The lowest BCUT2D eigenvalue weighted by atomic mass is 9.96. The van der Waals surface area contributed by atoms with Crippen LogP contribution < -0.4 is 10.6 Å². The lowest BCUT2D eigenvalue weighted by Crippen LogP contribution is -2.47. The van der Waals surface area contributed by atoms with Crippen molar-refractivity contribution >= 4 is 5.96 Å². The molecule has 0 aliphatic carbocycles. The van der Waals surface area contributed by atoms with Gasteiger partial charge in [-0.25, -0.2) is 0 Å². The third-order valence-electron chi connectivity index (χ3n) is 6.21. The van der Waals surface area contributed by atoms with Gasteiger partial charge in [-0.3, -0.25) is 9.89 Å². The van der Waals surface area contributed by atoms with E-state index in [1.165, 1.54) is 62.7 Å². The standard InChI is InChI=1S/C22H34N4O/c1-23-22(25-20-14-19-9-10-21(20)27-19)24-15-17-7-6-8-18(13-17)16-26-11-4-2-3-5-12-26/h6-8,13,19-21H,2-5,9-12,14-16H2,1H3,(H2,23,24,25). The van der Waals surface area contributed by atoms with Crippen LogP contribution in [-0.4, -0.2) is 49.2 Å². The van der Waals surface area contributed by atoms with E-state index >= 15 is 0 Å². The van der Waals surface area contributed by atoms with E-state index < -0.39 is 0 Å². The second-order valence-electron chi connectivity index (χ2n) is 8.30. The van der Waals surface area contributed by atoms with Gasteiger partial charge in [-0.1, -0.05) is 37.1 Å². The number of hydrogen-bond acceptors (Lipinski definition) is 3. The van der Waals surface area contributed by atoms with Crippen LogP contribution in [0.3, 0.4) is 0 Å². The summed E-state index contributed by atoms with van der Waals surface area (Å²) in [7, 11) is 1.85. The van der Waals surface area contributed by atoms with E-state index in [9.17, 15) is 0 Å². The molecule has 2 bridgehead atoms. The predicted molar refractivity (Wildman–Crippen MR) is 110 cm³/mol. The molecule has 2 N–H and O–H groups in total. The SMILES string of the molecule is CN=C(NCc1cccc(CN2CCCCCC2)c1)NC1CC2CCC1O2. The number of likely N-dealkylation sites (tertiary alicyclic amines) is 1. The Morgan fingerprint density at radius 3 is 2.67 bits per heavy atom. The van der Waals surface area contributed by atoms with E-state index in [4.69, 9.17) is 4.74 Å². The van der Waals surface area contributed by atoms with Crippen molar-refractivity contribution in [2.75, 3.05) is 20.1 Å². The largest absolute Gasteiger partial charge is 0.373 e. The van der Waals surface area contributed by atoms with Crippen LogP contribution in [-0.2, 0) is 17.8 Å². The molecule has 3 aliphatic heterocycles. The molecule has 0 amide bonds. The Hall–Kier alpha value is -1.59. The zero-order valence-corrected chi connectivity index (χ0v) is 16.6. The fourth-order valence-corrected chi connectivity index (χ4v) is 4.74. The molecular weight excluding hydrogens is 336 g/mol. The van der Waals surface area contributed by atoms with Crippen LogP contribution in [0.2, 0.25) is 0 Å². The Balaban J connectivity index is 1.28. The van der Waals surface area contributed by atoms with Crippen LogP contribution in [0.1, 0.15) is 56.1 Å². The Morgan fingerprint density at radius 2 is 1.96 bits per heavy atom. The predicted octanol–water partition coefficient (Wildman–Crippen LogP) is 3.05. The number of guanidine groups is 1. The molecule has 148 valence electrons. The summed E-state index contributed by atoms with van der Waals surface area (Å²) in [6.45, 7) is 4.35. The molecule has 0 aromatic heterocycles. The second kappa shape index (κ2) is 9.07. The van der Waals surface area contributed by atoms with Gasteiger partial charge in [0, 0.05) is 20.1 Å². The zero-order valence-electron chi connectivity index (χ0n) is 16.6. The Kier molecular flexibility index (Phi) is 6.30. The summed E-state index contributed by atoms with van der Waals surface area (Å²) in [6, 6.07) is 9.39.